The summed E-state index contributed by atoms with van der Waals surface area (Å²) in [6.45, 7) is 2.50. The number of rotatable bonds is 3. The van der Waals surface area contributed by atoms with Gasteiger partial charge in [0.1, 0.15) is 5.82 Å². The molecule has 1 aliphatic heterocycles. The van der Waals surface area contributed by atoms with Gasteiger partial charge in [-0.1, -0.05) is 47.5 Å². The number of carbonyl (C=O) groups excluding carboxylic acids is 2. The van der Waals surface area contributed by atoms with Crippen molar-refractivity contribution in [1.29, 1.82) is 0 Å². The molecule has 1 amide bonds. The Morgan fingerprint density at radius 2 is 1.85 bits per heavy atom. The quantitative estimate of drug-likeness (QED) is 0.575. The molecule has 1 atom stereocenters. The summed E-state index contributed by atoms with van der Waals surface area (Å²) in [6, 6.07) is 9.94. The molecule has 0 spiro atoms. The van der Waals surface area contributed by atoms with Gasteiger partial charge in [-0.25, -0.2) is 9.18 Å². The molecule has 2 aromatic rings. The fourth-order valence-corrected chi connectivity index (χ4v) is 3.35. The highest BCUT2D eigenvalue weighted by atomic mass is 35.5. The highest BCUT2D eigenvalue weighted by Crippen LogP contribution is 2.25. The van der Waals surface area contributed by atoms with E-state index in [1.54, 1.807) is 4.90 Å². The van der Waals surface area contributed by atoms with E-state index < -0.39 is 17.9 Å². The van der Waals surface area contributed by atoms with E-state index >= 15 is 0 Å². The van der Waals surface area contributed by atoms with Crippen LogP contribution in [-0.4, -0.2) is 29.4 Å². The third kappa shape index (κ3) is 3.84. The first kappa shape index (κ1) is 18.7. The zero-order chi connectivity index (χ0) is 18.8. The lowest BCUT2D eigenvalue weighted by Gasteiger charge is -2.30. The molecule has 2 aromatic carbocycles. The van der Waals surface area contributed by atoms with Crippen LogP contribution in [0.1, 0.15) is 28.4 Å². The predicted octanol–water partition coefficient (Wildman–Crippen LogP) is 4.26. The van der Waals surface area contributed by atoms with Crippen LogP contribution in [0.25, 0.3) is 0 Å². The molecular weight excluding hydrogens is 380 g/mol. The summed E-state index contributed by atoms with van der Waals surface area (Å²) >= 11 is 11.5. The van der Waals surface area contributed by atoms with Gasteiger partial charge in [-0.3, -0.25) is 4.79 Å². The third-order valence-electron chi connectivity index (χ3n) is 4.30. The normalized spacial score (nSPS) is 14.5. The number of fused-ring (bicyclic) bond motifs is 1. The molecule has 1 aliphatic rings. The summed E-state index contributed by atoms with van der Waals surface area (Å²) < 4.78 is 18.8. The number of ether oxygens (including phenoxy) is 1. The van der Waals surface area contributed by atoms with Crippen molar-refractivity contribution < 1.29 is 18.7 Å². The number of carbonyl (C=O) groups is 2. The van der Waals surface area contributed by atoms with E-state index in [9.17, 15) is 14.0 Å². The van der Waals surface area contributed by atoms with Gasteiger partial charge < -0.3 is 9.64 Å². The fraction of sp³-hybridized carbons (Fsp3) is 0.263. The van der Waals surface area contributed by atoms with Gasteiger partial charge in [-0.2, -0.15) is 0 Å². The Morgan fingerprint density at radius 3 is 2.58 bits per heavy atom. The van der Waals surface area contributed by atoms with Crippen molar-refractivity contribution in [3.05, 3.63) is 69.0 Å². The lowest BCUT2D eigenvalue weighted by Crippen LogP contribution is -2.42. The van der Waals surface area contributed by atoms with Crippen molar-refractivity contribution in [3.63, 3.8) is 0 Å². The van der Waals surface area contributed by atoms with Crippen molar-refractivity contribution in [2.45, 2.75) is 26.0 Å². The van der Waals surface area contributed by atoms with Crippen LogP contribution >= 0.6 is 23.2 Å². The van der Waals surface area contributed by atoms with Crippen molar-refractivity contribution in [2.24, 2.45) is 0 Å². The minimum Gasteiger partial charge on any atom is -0.449 e. The van der Waals surface area contributed by atoms with Crippen LogP contribution in [0, 0.1) is 5.82 Å². The van der Waals surface area contributed by atoms with E-state index in [1.165, 1.54) is 12.5 Å². The zero-order valence-corrected chi connectivity index (χ0v) is 15.5. The lowest BCUT2D eigenvalue weighted by atomic mass is 9.99. The van der Waals surface area contributed by atoms with E-state index in [-0.39, 0.29) is 21.5 Å². The maximum absolute atomic E-state index is 13.6. The Hall–Kier alpha value is -2.11. The van der Waals surface area contributed by atoms with Crippen molar-refractivity contribution in [3.8, 4) is 0 Å². The van der Waals surface area contributed by atoms with Crippen LogP contribution in [0.5, 0.6) is 0 Å². The summed E-state index contributed by atoms with van der Waals surface area (Å²) in [7, 11) is 0. The molecule has 26 heavy (non-hydrogen) atoms. The average Bonchev–Trinajstić information content (AvgIpc) is 2.63. The first-order valence-electron chi connectivity index (χ1n) is 8.08. The number of halogens is 3. The Morgan fingerprint density at radius 1 is 1.15 bits per heavy atom. The smallest absolute Gasteiger partial charge is 0.340 e. The number of hydrogen-bond acceptors (Lipinski definition) is 3. The minimum absolute atomic E-state index is 0.0343. The average molecular weight is 396 g/mol. The zero-order valence-electron chi connectivity index (χ0n) is 14.0. The molecule has 0 radical (unpaired) electrons. The van der Waals surface area contributed by atoms with Gasteiger partial charge in [0.05, 0.1) is 15.6 Å². The van der Waals surface area contributed by atoms with Gasteiger partial charge in [0.15, 0.2) is 6.10 Å². The van der Waals surface area contributed by atoms with Crippen LogP contribution in [0.2, 0.25) is 10.0 Å². The predicted molar refractivity (Wildman–Crippen MR) is 96.9 cm³/mol. The largest absolute Gasteiger partial charge is 0.449 e. The molecule has 3 rings (SSSR count). The molecule has 0 fully saturated rings. The van der Waals surface area contributed by atoms with Crippen LogP contribution in [-0.2, 0) is 22.5 Å². The van der Waals surface area contributed by atoms with Crippen LogP contribution in [0.3, 0.4) is 0 Å². The molecule has 0 saturated carbocycles. The number of nitrogens with zero attached hydrogens (tertiary/aromatic N) is 1. The maximum Gasteiger partial charge on any atom is 0.340 e. The lowest BCUT2D eigenvalue weighted by molar-refractivity contribution is -0.140. The molecule has 136 valence electrons. The monoisotopic (exact) mass is 395 g/mol. The Kier molecular flexibility index (Phi) is 5.49. The Balaban J connectivity index is 1.68. The fourth-order valence-electron chi connectivity index (χ4n) is 2.89. The molecule has 0 aliphatic carbocycles. The first-order valence-corrected chi connectivity index (χ1v) is 8.83. The van der Waals surface area contributed by atoms with E-state index in [0.717, 1.165) is 24.1 Å². The molecular formula is C19H16Cl2FNO3. The third-order valence-corrected chi connectivity index (χ3v) is 4.91. The second kappa shape index (κ2) is 7.64. The van der Waals surface area contributed by atoms with E-state index in [0.29, 0.717) is 13.1 Å². The number of esters is 1. The van der Waals surface area contributed by atoms with E-state index in [2.05, 4.69) is 0 Å². The summed E-state index contributed by atoms with van der Waals surface area (Å²) in [4.78, 5) is 26.5. The highest BCUT2D eigenvalue weighted by Gasteiger charge is 2.28. The van der Waals surface area contributed by atoms with Gasteiger partial charge >= 0.3 is 5.97 Å². The molecule has 0 saturated heterocycles. The number of amides is 1. The second-order valence-electron chi connectivity index (χ2n) is 6.07. The summed E-state index contributed by atoms with van der Waals surface area (Å²) in [5, 5.41) is -0.226. The highest BCUT2D eigenvalue weighted by molar-refractivity contribution is 6.36. The SMILES string of the molecule is C[C@H](OC(=O)c1cc(F)c(Cl)cc1Cl)C(=O)N1CCc2ccccc2C1. The molecule has 0 unspecified atom stereocenters. The van der Waals surface area contributed by atoms with Gasteiger partial charge in [0, 0.05) is 13.1 Å². The van der Waals surface area contributed by atoms with Crippen LogP contribution < -0.4 is 0 Å². The molecule has 0 aromatic heterocycles. The maximum atomic E-state index is 13.6. The Bertz CT molecular complexity index is 872. The van der Waals surface area contributed by atoms with Gasteiger partial charge in [0.2, 0.25) is 0 Å². The summed E-state index contributed by atoms with van der Waals surface area (Å²) in [6.07, 6.45) is -0.265. The van der Waals surface area contributed by atoms with Crippen LogP contribution in [0.4, 0.5) is 4.39 Å². The molecule has 0 bridgehead atoms. The first-order chi connectivity index (χ1) is 12.4. The summed E-state index contributed by atoms with van der Waals surface area (Å²) in [5.41, 5.74) is 2.12. The molecule has 7 heteroatoms. The molecule has 4 nitrogen and oxygen atoms in total. The minimum atomic E-state index is -1.01. The number of hydrogen-bond donors (Lipinski definition) is 0. The van der Waals surface area contributed by atoms with Gasteiger partial charge in [-0.15, -0.1) is 0 Å². The van der Waals surface area contributed by atoms with Crippen molar-refractivity contribution in [1.82, 2.24) is 4.90 Å². The van der Waals surface area contributed by atoms with Crippen molar-refractivity contribution in [2.75, 3.05) is 6.54 Å². The van der Waals surface area contributed by atoms with E-state index in [4.69, 9.17) is 27.9 Å². The molecule has 0 N–H and O–H groups in total. The topological polar surface area (TPSA) is 46.6 Å². The van der Waals surface area contributed by atoms with Crippen molar-refractivity contribution >= 4 is 35.1 Å². The molecule has 1 heterocycles. The van der Waals surface area contributed by atoms with Gasteiger partial charge in [-0.05, 0) is 36.6 Å². The van der Waals surface area contributed by atoms with Gasteiger partial charge in [0.25, 0.3) is 5.91 Å². The second-order valence-corrected chi connectivity index (χ2v) is 6.89. The standard InChI is InChI=1S/C19H16Cl2FNO3/c1-11(26-19(25)14-8-17(22)16(21)9-15(14)20)18(24)23-7-6-12-4-2-3-5-13(12)10-23/h2-5,8-9,11H,6-7,10H2,1H3/t11-/m0/s1. The summed E-state index contributed by atoms with van der Waals surface area (Å²) in [5.74, 6) is -1.96. The Labute approximate surface area is 160 Å². The van der Waals surface area contributed by atoms with E-state index in [1.807, 2.05) is 24.3 Å². The van der Waals surface area contributed by atoms with Crippen LogP contribution in [0.15, 0.2) is 36.4 Å². The number of benzene rings is 2.